The van der Waals surface area contributed by atoms with E-state index in [9.17, 15) is 0 Å². The predicted octanol–water partition coefficient (Wildman–Crippen LogP) is 18.0. The number of nitrogens with zero attached hydrogens (tertiary/aromatic N) is 2. The van der Waals surface area contributed by atoms with E-state index in [2.05, 4.69) is 239 Å². The van der Waals surface area contributed by atoms with Gasteiger partial charge in [-0.25, -0.2) is 0 Å². The average molecular weight is 893 g/mol. The summed E-state index contributed by atoms with van der Waals surface area (Å²) >= 11 is 1.91. The van der Waals surface area contributed by atoms with Gasteiger partial charge in [-0.15, -0.1) is 11.3 Å². The summed E-state index contributed by atoms with van der Waals surface area (Å²) in [5.41, 5.74) is 18.7. The van der Waals surface area contributed by atoms with Gasteiger partial charge < -0.3 is 9.80 Å². The van der Waals surface area contributed by atoms with Gasteiger partial charge in [-0.3, -0.25) is 0 Å². The molecule has 0 spiro atoms. The van der Waals surface area contributed by atoms with Gasteiger partial charge in [-0.1, -0.05) is 162 Å². The van der Waals surface area contributed by atoms with Crippen LogP contribution in [0.1, 0.15) is 129 Å². The Labute approximate surface area is 396 Å². The van der Waals surface area contributed by atoms with Crippen LogP contribution in [-0.4, -0.2) is 8.07 Å². The van der Waals surface area contributed by atoms with E-state index < -0.39 is 8.07 Å². The molecule has 65 heavy (non-hydrogen) atoms. The quantitative estimate of drug-likeness (QED) is 0.140. The maximum atomic E-state index is 2.61. The predicted molar refractivity (Wildman–Crippen MR) is 289 cm³/mol. The lowest BCUT2D eigenvalue weighted by molar-refractivity contribution is 0.484. The highest BCUT2D eigenvalue weighted by Gasteiger charge is 2.53. The fourth-order valence-electron chi connectivity index (χ4n) is 10.9. The van der Waals surface area contributed by atoms with Gasteiger partial charge in [0, 0.05) is 43.8 Å². The molecule has 0 radical (unpaired) electrons. The Hall–Kier alpha value is -4.90. The van der Waals surface area contributed by atoms with E-state index in [1.807, 2.05) is 11.3 Å². The van der Waals surface area contributed by atoms with Crippen molar-refractivity contribution in [1.29, 1.82) is 0 Å². The third kappa shape index (κ3) is 8.33. The van der Waals surface area contributed by atoms with E-state index in [1.54, 1.807) is 11.1 Å². The van der Waals surface area contributed by atoms with Gasteiger partial charge in [0.1, 0.15) is 0 Å². The van der Waals surface area contributed by atoms with Crippen molar-refractivity contribution in [2.75, 3.05) is 9.80 Å². The Morgan fingerprint density at radius 3 is 1.48 bits per heavy atom. The van der Waals surface area contributed by atoms with Gasteiger partial charge in [0.25, 0.3) is 0 Å². The molecule has 2 atom stereocenters. The summed E-state index contributed by atoms with van der Waals surface area (Å²) in [5, 5.41) is 5.27. The number of rotatable bonds is 8. The summed E-state index contributed by atoms with van der Waals surface area (Å²) in [4.78, 5) is 5.08. The molecule has 1 saturated carbocycles. The Bertz CT molecular complexity index is 2850. The molecule has 0 N–H and O–H groups in total. The summed E-state index contributed by atoms with van der Waals surface area (Å²) in [6.45, 7) is 35.4. The smallest absolute Gasteiger partial charge is 0.0776 e. The topological polar surface area (TPSA) is 6.48 Å². The molecule has 2 unspecified atom stereocenters. The molecule has 336 valence electrons. The van der Waals surface area contributed by atoms with Crippen molar-refractivity contribution in [2.24, 2.45) is 0 Å². The second-order valence-electron chi connectivity index (χ2n) is 24.4. The second kappa shape index (κ2) is 15.6. The van der Waals surface area contributed by atoms with Crippen molar-refractivity contribution in [2.45, 2.75) is 149 Å². The van der Waals surface area contributed by atoms with Gasteiger partial charge >= 0.3 is 0 Å². The number of benzene rings is 6. The molecule has 1 heterocycles. The minimum absolute atomic E-state index is 0.0582. The molecule has 1 fully saturated rings. The molecular weight excluding hydrogens is 821 g/mol. The van der Waals surface area contributed by atoms with Crippen LogP contribution in [0, 0.1) is 6.92 Å². The molecule has 2 nitrogen and oxygen atoms in total. The lowest BCUT2D eigenvalue weighted by atomic mass is 9.78. The summed E-state index contributed by atoms with van der Waals surface area (Å²) in [6.07, 6.45) is 3.80. The van der Waals surface area contributed by atoms with E-state index in [-0.39, 0.29) is 27.1 Å². The van der Waals surface area contributed by atoms with Crippen LogP contribution >= 0.6 is 11.3 Å². The van der Waals surface area contributed by atoms with Gasteiger partial charge in [0.05, 0.1) is 19.4 Å². The van der Waals surface area contributed by atoms with Crippen molar-refractivity contribution in [3.8, 4) is 11.1 Å². The number of thiophene rings is 1. The van der Waals surface area contributed by atoms with E-state index in [4.69, 9.17) is 0 Å². The first-order chi connectivity index (χ1) is 30.3. The fourth-order valence-corrected chi connectivity index (χ4v) is 13.0. The molecule has 9 rings (SSSR count). The van der Waals surface area contributed by atoms with Crippen LogP contribution in [0.15, 0.2) is 127 Å². The monoisotopic (exact) mass is 893 g/mol. The molecule has 1 aromatic heterocycles. The Kier molecular flexibility index (Phi) is 10.9. The van der Waals surface area contributed by atoms with Crippen molar-refractivity contribution < 1.29 is 0 Å². The largest absolute Gasteiger partial charge is 0.310 e. The van der Waals surface area contributed by atoms with Crippen molar-refractivity contribution in [3.63, 3.8) is 0 Å². The summed E-state index contributed by atoms with van der Waals surface area (Å²) in [5.74, 6) is 0. The summed E-state index contributed by atoms with van der Waals surface area (Å²) in [6, 6.07) is 47.8. The van der Waals surface area contributed by atoms with Crippen LogP contribution in [0.25, 0.3) is 21.2 Å². The van der Waals surface area contributed by atoms with Crippen LogP contribution in [0.5, 0.6) is 0 Å². The molecule has 0 aliphatic heterocycles. The lowest BCUT2D eigenvalue weighted by Crippen LogP contribution is -2.37. The van der Waals surface area contributed by atoms with Gasteiger partial charge in [-0.2, -0.15) is 0 Å². The van der Waals surface area contributed by atoms with Crippen molar-refractivity contribution >= 4 is 68.8 Å². The number of aryl methyl sites for hydroxylation is 1. The number of anilines is 6. The molecule has 2 bridgehead atoms. The van der Waals surface area contributed by atoms with Crippen LogP contribution in [0.4, 0.5) is 34.1 Å². The molecule has 0 amide bonds. The maximum absolute atomic E-state index is 2.61. The minimum Gasteiger partial charge on any atom is -0.310 e. The molecular formula is C61H72N2SSi. The van der Waals surface area contributed by atoms with Crippen molar-refractivity contribution in [1.82, 2.24) is 0 Å². The third-order valence-electron chi connectivity index (χ3n) is 15.0. The Morgan fingerprint density at radius 1 is 0.508 bits per heavy atom. The molecule has 0 saturated heterocycles. The highest BCUT2D eigenvalue weighted by Crippen LogP contribution is 2.62. The molecule has 2 aliphatic carbocycles. The summed E-state index contributed by atoms with van der Waals surface area (Å²) < 4.78 is 1.38. The van der Waals surface area contributed by atoms with E-state index in [0.717, 1.165) is 22.7 Å². The van der Waals surface area contributed by atoms with Crippen LogP contribution < -0.4 is 15.0 Å². The number of hydrogen-bond donors (Lipinski definition) is 0. The van der Waals surface area contributed by atoms with Crippen LogP contribution in [0.3, 0.4) is 0 Å². The van der Waals surface area contributed by atoms with Crippen LogP contribution in [0.2, 0.25) is 19.6 Å². The fraction of sp³-hybridized carbons (Fsp3) is 0.377. The second-order valence-corrected chi connectivity index (χ2v) is 30.4. The van der Waals surface area contributed by atoms with Gasteiger partial charge in [0.15, 0.2) is 0 Å². The number of hydrogen-bond acceptors (Lipinski definition) is 3. The maximum Gasteiger partial charge on any atom is 0.0776 e. The molecule has 2 aliphatic rings. The van der Waals surface area contributed by atoms with E-state index in [0.29, 0.717) is 0 Å². The number of fused-ring (bicyclic) bond motifs is 6. The standard InChI is InChI=1S/C61H72N2SSi/c1-40-32-47(62(45-24-20-43(21-25-45)58(5,6)7)46-26-22-44(23-27-46)59(8,9)10)34-48(33-40)63(55-38-64-56-37-53-52(36-51(55)56)60(11)30-31-61(53,12)39-60)54-29-28-49(65(13,14)15)35-50(54)41-16-18-42(19-17-41)57(2,3)4/h16-29,32-38H,30-31,39H2,1-15H3. The van der Waals surface area contributed by atoms with Gasteiger partial charge in [0.2, 0.25) is 0 Å². The van der Waals surface area contributed by atoms with Crippen LogP contribution in [-0.2, 0) is 27.1 Å². The first-order valence-corrected chi connectivity index (χ1v) is 28.5. The van der Waals surface area contributed by atoms with E-state index in [1.165, 1.54) is 79.3 Å². The van der Waals surface area contributed by atoms with Gasteiger partial charge in [-0.05, 0) is 153 Å². The Balaban J connectivity index is 1.30. The van der Waals surface area contributed by atoms with Crippen molar-refractivity contribution in [3.05, 3.63) is 160 Å². The average Bonchev–Trinajstić information content (AvgIpc) is 3.86. The highest BCUT2D eigenvalue weighted by atomic mass is 32.1. The zero-order chi connectivity index (χ0) is 46.6. The first-order valence-electron chi connectivity index (χ1n) is 24.1. The van der Waals surface area contributed by atoms with E-state index >= 15 is 0 Å². The zero-order valence-corrected chi connectivity index (χ0v) is 43.9. The Morgan fingerprint density at radius 2 is 0.985 bits per heavy atom. The SMILES string of the molecule is Cc1cc(N(c2ccc(C(C)(C)C)cc2)c2ccc(C(C)(C)C)cc2)cc(N(c2ccc([Si](C)(C)C)cc2-c2ccc(C(C)(C)C)cc2)c2csc3cc4c(cc23)C2(C)CCC4(C)C2)c1. The molecule has 7 aromatic rings. The lowest BCUT2D eigenvalue weighted by Gasteiger charge is -2.32. The first kappa shape index (κ1) is 45.3. The molecule has 6 aromatic carbocycles. The highest BCUT2D eigenvalue weighted by molar-refractivity contribution is 7.17. The third-order valence-corrected chi connectivity index (χ3v) is 17.9. The summed E-state index contributed by atoms with van der Waals surface area (Å²) in [7, 11) is -1.68. The zero-order valence-electron chi connectivity index (χ0n) is 42.0. The molecule has 4 heteroatoms. The normalized spacial score (nSPS) is 18.6. The minimum atomic E-state index is -1.68.